The number of allylic oxidation sites excluding steroid dienone is 2. The summed E-state index contributed by atoms with van der Waals surface area (Å²) in [6.45, 7) is 9.21. The lowest BCUT2D eigenvalue weighted by molar-refractivity contribution is 0.0831. The van der Waals surface area contributed by atoms with Gasteiger partial charge in [-0.1, -0.05) is 12.7 Å². The number of anilines is 2. The molecule has 0 aliphatic rings. The van der Waals surface area contributed by atoms with Gasteiger partial charge in [-0.2, -0.15) is 0 Å². The van der Waals surface area contributed by atoms with E-state index in [2.05, 4.69) is 33.6 Å². The van der Waals surface area contributed by atoms with Gasteiger partial charge in [0.1, 0.15) is 0 Å². The van der Waals surface area contributed by atoms with Crippen molar-refractivity contribution in [2.45, 2.75) is 6.92 Å². The molecule has 0 spiro atoms. The summed E-state index contributed by atoms with van der Waals surface area (Å²) in [5.41, 5.74) is 3.09. The van der Waals surface area contributed by atoms with E-state index < -0.39 is 0 Å². The Morgan fingerprint density at radius 1 is 1.32 bits per heavy atom. The molecular weight excluding hydrogens is 370 g/mol. The summed E-state index contributed by atoms with van der Waals surface area (Å²) in [7, 11) is 3.52. The molecule has 2 heterocycles. The molecule has 6 nitrogen and oxygen atoms in total. The molecule has 3 aromatic rings. The fraction of sp³-hybridized carbons (Fsp3) is 0.143. The van der Waals surface area contributed by atoms with Crippen molar-refractivity contribution in [3.05, 3.63) is 65.3 Å². The van der Waals surface area contributed by atoms with Crippen LogP contribution < -0.4 is 5.32 Å². The van der Waals surface area contributed by atoms with Crippen LogP contribution in [0.4, 0.5) is 11.6 Å². The van der Waals surface area contributed by atoms with Crippen molar-refractivity contribution in [3.8, 4) is 0 Å². The fourth-order valence-corrected chi connectivity index (χ4v) is 3.94. The average Bonchev–Trinajstić information content (AvgIpc) is 3.01. The fourth-order valence-electron chi connectivity index (χ4n) is 2.73. The van der Waals surface area contributed by atoms with Gasteiger partial charge in [0.25, 0.3) is 5.91 Å². The van der Waals surface area contributed by atoms with Crippen molar-refractivity contribution in [1.29, 1.82) is 0 Å². The van der Waals surface area contributed by atoms with Crippen molar-refractivity contribution in [2.24, 2.45) is 4.99 Å². The lowest BCUT2D eigenvalue weighted by Crippen LogP contribution is -2.21. The summed E-state index contributed by atoms with van der Waals surface area (Å²) < 4.78 is 1.06. The molecule has 0 saturated heterocycles. The lowest BCUT2D eigenvalue weighted by atomic mass is 10.1. The summed E-state index contributed by atoms with van der Waals surface area (Å²) in [5.74, 6) is 0.468. The summed E-state index contributed by atoms with van der Waals surface area (Å²) in [6.07, 6.45) is 5.04. The van der Waals surface area contributed by atoms with Crippen LogP contribution in [0.3, 0.4) is 0 Å². The first-order valence-electron chi connectivity index (χ1n) is 8.59. The van der Waals surface area contributed by atoms with Gasteiger partial charge < -0.3 is 10.2 Å². The van der Waals surface area contributed by atoms with E-state index in [0.717, 1.165) is 26.2 Å². The first-order valence-corrected chi connectivity index (χ1v) is 9.41. The average molecular weight is 392 g/mol. The molecule has 142 valence electrons. The molecule has 0 unspecified atom stereocenters. The van der Waals surface area contributed by atoms with Gasteiger partial charge in [0.15, 0.2) is 0 Å². The summed E-state index contributed by atoms with van der Waals surface area (Å²) in [5, 5.41) is 4.26. The van der Waals surface area contributed by atoms with E-state index in [0.29, 0.717) is 17.3 Å². The highest BCUT2D eigenvalue weighted by Gasteiger charge is 2.17. The van der Waals surface area contributed by atoms with Crippen molar-refractivity contribution in [1.82, 2.24) is 14.9 Å². The van der Waals surface area contributed by atoms with Crippen LogP contribution in [0.5, 0.6) is 0 Å². The van der Waals surface area contributed by atoms with Crippen molar-refractivity contribution in [3.63, 3.8) is 0 Å². The predicted molar refractivity (Wildman–Crippen MR) is 118 cm³/mol. The zero-order valence-corrected chi connectivity index (χ0v) is 16.9. The highest BCUT2D eigenvalue weighted by molar-refractivity contribution is 7.21. The van der Waals surface area contributed by atoms with E-state index in [1.165, 1.54) is 11.3 Å². The van der Waals surface area contributed by atoms with Gasteiger partial charge in [0, 0.05) is 30.7 Å². The molecule has 1 amide bonds. The number of benzene rings is 1. The molecule has 1 aromatic carbocycles. The molecule has 28 heavy (non-hydrogen) atoms. The molecule has 2 aromatic heterocycles. The maximum Gasteiger partial charge on any atom is 0.263 e. The van der Waals surface area contributed by atoms with Gasteiger partial charge in [-0.05, 0) is 54.9 Å². The first-order chi connectivity index (χ1) is 13.4. The van der Waals surface area contributed by atoms with E-state index in [1.807, 2.05) is 25.1 Å². The van der Waals surface area contributed by atoms with Crippen LogP contribution in [0.15, 0.2) is 54.2 Å². The third-order valence-electron chi connectivity index (χ3n) is 4.16. The molecule has 0 radical (unpaired) electrons. The second-order valence-electron chi connectivity index (χ2n) is 6.30. The van der Waals surface area contributed by atoms with Crippen LogP contribution in [0.1, 0.15) is 20.9 Å². The number of hydrogen-bond acceptors (Lipinski definition) is 6. The Labute approximate surface area is 168 Å². The van der Waals surface area contributed by atoms with Crippen molar-refractivity contribution in [2.75, 3.05) is 19.4 Å². The molecule has 0 fully saturated rings. The Bertz CT molecular complexity index is 1100. The van der Waals surface area contributed by atoms with Gasteiger partial charge >= 0.3 is 0 Å². The highest BCUT2D eigenvalue weighted by atomic mass is 32.1. The number of fused-ring (bicyclic) bond motifs is 1. The molecule has 0 atom stereocenters. The van der Waals surface area contributed by atoms with Crippen LogP contribution in [0.2, 0.25) is 0 Å². The number of carbonyl (C=O) groups excluding carboxylic acids is 1. The van der Waals surface area contributed by atoms with Crippen LogP contribution >= 0.6 is 11.3 Å². The number of aliphatic imine (C=N–C) groups is 1. The van der Waals surface area contributed by atoms with E-state index in [4.69, 9.17) is 0 Å². The monoisotopic (exact) mass is 391 g/mol. The maximum atomic E-state index is 12.4. The number of aromatic nitrogens is 2. The van der Waals surface area contributed by atoms with Crippen molar-refractivity contribution < 1.29 is 4.79 Å². The largest absolute Gasteiger partial charge is 0.344 e. The standard InChI is InChI=1S/C21H21N5OS/c1-6-7-16(22-3)17-10-11-23-21(25-17)24-14-8-9-18-15(12-14)13(2)19(28-18)20(27)26(4)5/h6-12H,1,3H2,2,4-5H3,(H,23,24,25)/b16-7-. The summed E-state index contributed by atoms with van der Waals surface area (Å²) >= 11 is 1.50. The summed E-state index contributed by atoms with van der Waals surface area (Å²) in [4.78, 5) is 27.5. The molecule has 0 bridgehead atoms. The number of hydrogen-bond donors (Lipinski definition) is 1. The molecule has 0 aliphatic carbocycles. The molecule has 0 aliphatic heterocycles. The van der Waals surface area contributed by atoms with Gasteiger partial charge in [-0.3, -0.25) is 9.79 Å². The first kappa shape index (κ1) is 19.4. The van der Waals surface area contributed by atoms with Gasteiger partial charge in [0.2, 0.25) is 5.95 Å². The zero-order valence-electron chi connectivity index (χ0n) is 16.1. The molecular formula is C21H21N5OS. The number of thiophene rings is 1. The second kappa shape index (κ2) is 8.14. The van der Waals surface area contributed by atoms with Crippen LogP contribution in [0.25, 0.3) is 15.8 Å². The van der Waals surface area contributed by atoms with Crippen LogP contribution in [-0.2, 0) is 0 Å². The Kier molecular flexibility index (Phi) is 5.65. The van der Waals surface area contributed by atoms with E-state index in [9.17, 15) is 4.79 Å². The lowest BCUT2D eigenvalue weighted by Gasteiger charge is -2.09. The van der Waals surface area contributed by atoms with Gasteiger partial charge in [-0.15, -0.1) is 11.3 Å². The van der Waals surface area contributed by atoms with Crippen LogP contribution in [-0.4, -0.2) is 41.6 Å². The van der Waals surface area contributed by atoms with Gasteiger partial charge in [0.05, 0.1) is 16.3 Å². The number of nitrogens with zero attached hydrogens (tertiary/aromatic N) is 4. The number of nitrogens with one attached hydrogen (secondary N) is 1. The van der Waals surface area contributed by atoms with E-state index >= 15 is 0 Å². The third-order valence-corrected chi connectivity index (χ3v) is 5.42. The number of rotatable bonds is 6. The number of carbonyl (C=O) groups is 1. The van der Waals surface area contributed by atoms with E-state index in [1.54, 1.807) is 43.4 Å². The minimum Gasteiger partial charge on any atom is -0.344 e. The molecule has 0 saturated carbocycles. The Morgan fingerprint density at radius 2 is 2.11 bits per heavy atom. The SMILES string of the molecule is C=C/C=C(\N=C)c1ccnc(Nc2ccc3sc(C(=O)N(C)C)c(C)c3c2)n1. The predicted octanol–water partition coefficient (Wildman–Crippen LogP) is 4.67. The Balaban J connectivity index is 1.94. The molecule has 7 heteroatoms. The topological polar surface area (TPSA) is 70.5 Å². The molecule has 1 N–H and O–H groups in total. The molecule has 3 rings (SSSR count). The Hall–Kier alpha value is -3.32. The smallest absolute Gasteiger partial charge is 0.263 e. The van der Waals surface area contributed by atoms with Crippen molar-refractivity contribution >= 4 is 51.4 Å². The second-order valence-corrected chi connectivity index (χ2v) is 7.36. The third kappa shape index (κ3) is 3.84. The normalized spacial score (nSPS) is 11.3. The summed E-state index contributed by atoms with van der Waals surface area (Å²) in [6, 6.07) is 7.72. The zero-order chi connectivity index (χ0) is 20.3. The highest BCUT2D eigenvalue weighted by Crippen LogP contribution is 2.33. The van der Waals surface area contributed by atoms with Crippen LogP contribution in [0, 0.1) is 6.92 Å². The maximum absolute atomic E-state index is 12.4. The minimum absolute atomic E-state index is 0.0164. The number of amides is 1. The van der Waals surface area contributed by atoms with Gasteiger partial charge in [-0.25, -0.2) is 9.97 Å². The quantitative estimate of drug-likeness (QED) is 0.489. The Morgan fingerprint density at radius 3 is 2.79 bits per heavy atom. The minimum atomic E-state index is 0.0164. The van der Waals surface area contributed by atoms with E-state index in [-0.39, 0.29) is 5.91 Å². The number of aryl methyl sites for hydroxylation is 1.